The summed E-state index contributed by atoms with van der Waals surface area (Å²) in [6.07, 6.45) is 13.3. The molecule has 2 aliphatic heterocycles. The maximum atomic E-state index is 6.02. The summed E-state index contributed by atoms with van der Waals surface area (Å²) in [5.74, 6) is 0.626. The molecule has 0 aliphatic carbocycles. The van der Waals surface area contributed by atoms with E-state index in [9.17, 15) is 0 Å². The van der Waals surface area contributed by atoms with E-state index in [0.29, 0.717) is 0 Å². The maximum absolute atomic E-state index is 6.02. The van der Waals surface area contributed by atoms with Crippen molar-refractivity contribution in [2.75, 3.05) is 33.4 Å². The van der Waals surface area contributed by atoms with Crippen LogP contribution < -0.4 is 4.74 Å². The molecule has 0 bridgehead atoms. The minimum absolute atomic E-state index is 0.312. The Morgan fingerprint density at radius 3 is 2.48 bits per heavy atom. The molecule has 0 saturated carbocycles. The van der Waals surface area contributed by atoms with E-state index in [0.717, 1.165) is 64.4 Å². The molecular weight excluding hydrogens is 388 g/mol. The Balaban J connectivity index is 1.41. The Hall–Kier alpha value is -1.56. The van der Waals surface area contributed by atoms with Crippen molar-refractivity contribution in [2.45, 2.75) is 83.6 Å². The second-order valence-corrected chi connectivity index (χ2v) is 9.24. The molecular formula is C26H40N2O3. The van der Waals surface area contributed by atoms with Crippen LogP contribution in [0.25, 0.3) is 10.9 Å². The molecule has 5 nitrogen and oxygen atoms in total. The number of unbranched alkanes of at least 4 members (excludes halogenated alkanes) is 5. The number of hydrogen-bond acceptors (Lipinski definition) is 4. The zero-order chi connectivity index (χ0) is 21.5. The molecule has 172 valence electrons. The van der Waals surface area contributed by atoms with Crippen molar-refractivity contribution >= 4 is 10.9 Å². The van der Waals surface area contributed by atoms with Crippen molar-refractivity contribution in [3.05, 3.63) is 30.0 Å². The number of methoxy groups -OCH3 is 1. The highest BCUT2D eigenvalue weighted by molar-refractivity contribution is 5.85. The first-order valence-corrected chi connectivity index (χ1v) is 12.4. The van der Waals surface area contributed by atoms with E-state index in [-0.39, 0.29) is 5.79 Å². The van der Waals surface area contributed by atoms with Gasteiger partial charge in [0.15, 0.2) is 5.79 Å². The largest absolute Gasteiger partial charge is 0.497 e. The molecule has 3 heterocycles. The number of likely N-dealkylation sites (tertiary alicyclic amines) is 1. The standard InChI is InChI=1S/C26H40N2O3/c1-3-4-5-6-7-8-14-28-21-22(24-11-10-23(29-2)19-25(24)28)20-27-15-12-26(13-16-27)30-17-9-18-31-26/h10-11,19,21H,3-9,12-18,20H2,1-2H3. The lowest BCUT2D eigenvalue weighted by Gasteiger charge is -2.43. The Labute approximate surface area is 187 Å². The zero-order valence-electron chi connectivity index (χ0n) is 19.5. The number of ether oxygens (including phenoxy) is 3. The average Bonchev–Trinajstić information content (AvgIpc) is 3.15. The van der Waals surface area contributed by atoms with Crippen LogP contribution in [0.2, 0.25) is 0 Å². The summed E-state index contributed by atoms with van der Waals surface area (Å²) in [6, 6.07) is 6.53. The number of aryl methyl sites for hydroxylation is 1. The number of aromatic nitrogens is 1. The van der Waals surface area contributed by atoms with Crippen LogP contribution >= 0.6 is 0 Å². The fourth-order valence-electron chi connectivity index (χ4n) is 5.05. The molecule has 4 rings (SSSR count). The zero-order valence-corrected chi connectivity index (χ0v) is 19.5. The van der Waals surface area contributed by atoms with Gasteiger partial charge in [0.2, 0.25) is 0 Å². The quantitative estimate of drug-likeness (QED) is 0.452. The predicted octanol–water partition coefficient (Wildman–Crippen LogP) is 5.74. The van der Waals surface area contributed by atoms with Crippen molar-refractivity contribution in [1.29, 1.82) is 0 Å². The molecule has 0 N–H and O–H groups in total. The monoisotopic (exact) mass is 428 g/mol. The molecule has 0 atom stereocenters. The molecule has 0 unspecified atom stereocenters. The van der Waals surface area contributed by atoms with Gasteiger partial charge >= 0.3 is 0 Å². The van der Waals surface area contributed by atoms with Crippen LogP contribution in [0.15, 0.2) is 24.4 Å². The molecule has 5 heteroatoms. The Kier molecular flexibility index (Phi) is 7.91. The second-order valence-electron chi connectivity index (χ2n) is 9.24. The minimum Gasteiger partial charge on any atom is -0.497 e. The molecule has 2 fully saturated rings. The predicted molar refractivity (Wildman–Crippen MR) is 126 cm³/mol. The highest BCUT2D eigenvalue weighted by Crippen LogP contribution is 2.33. The molecule has 0 amide bonds. The number of piperidine rings is 1. The van der Waals surface area contributed by atoms with Gasteiger partial charge in [-0.15, -0.1) is 0 Å². The summed E-state index contributed by atoms with van der Waals surface area (Å²) in [6.45, 7) is 8.09. The number of benzene rings is 1. The van der Waals surface area contributed by atoms with Crippen LogP contribution in [0.5, 0.6) is 5.75 Å². The van der Waals surface area contributed by atoms with E-state index in [1.165, 1.54) is 55.0 Å². The minimum atomic E-state index is -0.312. The van der Waals surface area contributed by atoms with Gasteiger partial charge < -0.3 is 18.8 Å². The lowest BCUT2D eigenvalue weighted by Crippen LogP contribution is -2.49. The maximum Gasteiger partial charge on any atom is 0.170 e. The van der Waals surface area contributed by atoms with Crippen molar-refractivity contribution in [2.24, 2.45) is 0 Å². The summed E-state index contributed by atoms with van der Waals surface area (Å²) in [4.78, 5) is 2.56. The van der Waals surface area contributed by atoms with Crippen molar-refractivity contribution in [3.63, 3.8) is 0 Å². The fraction of sp³-hybridized carbons (Fsp3) is 0.692. The number of hydrogen-bond donors (Lipinski definition) is 0. The summed E-state index contributed by atoms with van der Waals surface area (Å²) in [5.41, 5.74) is 2.72. The number of rotatable bonds is 10. The van der Waals surface area contributed by atoms with Crippen LogP contribution in [0.4, 0.5) is 0 Å². The molecule has 1 spiro atoms. The summed E-state index contributed by atoms with van der Waals surface area (Å²) in [7, 11) is 1.75. The van der Waals surface area contributed by atoms with Crippen LogP contribution in [0.3, 0.4) is 0 Å². The van der Waals surface area contributed by atoms with Crippen LogP contribution in [-0.4, -0.2) is 48.7 Å². The summed E-state index contributed by atoms with van der Waals surface area (Å²) < 4.78 is 20.0. The lowest BCUT2D eigenvalue weighted by molar-refractivity contribution is -0.284. The third kappa shape index (κ3) is 5.63. The third-order valence-corrected chi connectivity index (χ3v) is 6.96. The van der Waals surface area contributed by atoms with Crippen LogP contribution in [0, 0.1) is 0 Å². The topological polar surface area (TPSA) is 35.9 Å². The van der Waals surface area contributed by atoms with E-state index in [1.807, 2.05) is 0 Å². The molecule has 2 saturated heterocycles. The van der Waals surface area contributed by atoms with Gasteiger partial charge in [-0.1, -0.05) is 39.0 Å². The first kappa shape index (κ1) is 22.6. The summed E-state index contributed by atoms with van der Waals surface area (Å²) in [5, 5.41) is 1.36. The molecule has 0 radical (unpaired) electrons. The van der Waals surface area contributed by atoms with Gasteiger partial charge in [0, 0.05) is 56.7 Å². The van der Waals surface area contributed by atoms with Gasteiger partial charge in [0.1, 0.15) is 5.75 Å². The average molecular weight is 429 g/mol. The normalized spacial score (nSPS) is 19.3. The van der Waals surface area contributed by atoms with Gasteiger partial charge in [-0.25, -0.2) is 0 Å². The summed E-state index contributed by atoms with van der Waals surface area (Å²) >= 11 is 0. The highest BCUT2D eigenvalue weighted by Gasteiger charge is 2.38. The van der Waals surface area contributed by atoms with Gasteiger partial charge in [-0.3, -0.25) is 4.90 Å². The fourth-order valence-corrected chi connectivity index (χ4v) is 5.05. The van der Waals surface area contributed by atoms with E-state index in [4.69, 9.17) is 14.2 Å². The van der Waals surface area contributed by atoms with E-state index in [2.05, 4.69) is 40.8 Å². The Morgan fingerprint density at radius 1 is 1.00 bits per heavy atom. The van der Waals surface area contributed by atoms with Gasteiger partial charge in [0.05, 0.1) is 25.8 Å². The molecule has 1 aromatic carbocycles. The van der Waals surface area contributed by atoms with Crippen LogP contribution in [-0.2, 0) is 22.6 Å². The first-order chi connectivity index (χ1) is 15.2. The van der Waals surface area contributed by atoms with Crippen LogP contribution in [0.1, 0.15) is 70.3 Å². The van der Waals surface area contributed by atoms with Gasteiger partial charge in [0.25, 0.3) is 0 Å². The molecule has 2 aliphatic rings. The Bertz CT molecular complexity index is 815. The van der Waals surface area contributed by atoms with E-state index in [1.54, 1.807) is 7.11 Å². The highest BCUT2D eigenvalue weighted by atomic mass is 16.7. The first-order valence-electron chi connectivity index (χ1n) is 12.4. The van der Waals surface area contributed by atoms with Crippen molar-refractivity contribution < 1.29 is 14.2 Å². The molecule has 1 aromatic heterocycles. The lowest BCUT2D eigenvalue weighted by atomic mass is 10.0. The smallest absolute Gasteiger partial charge is 0.170 e. The molecule has 2 aromatic rings. The third-order valence-electron chi connectivity index (χ3n) is 6.96. The number of fused-ring (bicyclic) bond motifs is 1. The van der Waals surface area contributed by atoms with Crippen molar-refractivity contribution in [1.82, 2.24) is 9.47 Å². The molecule has 31 heavy (non-hydrogen) atoms. The van der Waals surface area contributed by atoms with Gasteiger partial charge in [-0.05, 0) is 30.5 Å². The van der Waals surface area contributed by atoms with E-state index < -0.39 is 0 Å². The second kappa shape index (κ2) is 10.8. The van der Waals surface area contributed by atoms with E-state index >= 15 is 0 Å². The SMILES string of the molecule is CCCCCCCCn1cc(CN2CCC3(CC2)OCCCO3)c2ccc(OC)cc21. The Morgan fingerprint density at radius 2 is 1.74 bits per heavy atom. The van der Waals surface area contributed by atoms with Gasteiger partial charge in [-0.2, -0.15) is 0 Å². The number of nitrogens with zero attached hydrogens (tertiary/aromatic N) is 2. The van der Waals surface area contributed by atoms with Crippen molar-refractivity contribution in [3.8, 4) is 5.75 Å².